The van der Waals surface area contributed by atoms with Gasteiger partial charge in [-0.25, -0.2) is 8.42 Å². The normalized spacial score (nSPS) is 23.9. The second kappa shape index (κ2) is 5.74. The topological polar surface area (TPSA) is 60.4 Å². The lowest BCUT2D eigenvalue weighted by atomic mass is 10.0. The van der Waals surface area contributed by atoms with E-state index in [4.69, 9.17) is 4.74 Å². The summed E-state index contributed by atoms with van der Waals surface area (Å²) >= 11 is 0. The molecule has 19 heavy (non-hydrogen) atoms. The number of sulfone groups is 1. The van der Waals surface area contributed by atoms with Crippen LogP contribution in [0.4, 0.5) is 0 Å². The number of carbonyl (C=O) groups excluding carboxylic acids is 1. The minimum atomic E-state index is -3.43. The molecule has 5 heteroatoms. The van der Waals surface area contributed by atoms with Crippen molar-refractivity contribution in [3.8, 4) is 0 Å². The first-order valence-electron chi connectivity index (χ1n) is 6.54. The average Bonchev–Trinajstić information content (AvgIpc) is 2.40. The van der Waals surface area contributed by atoms with E-state index in [1.54, 1.807) is 30.3 Å². The van der Waals surface area contributed by atoms with Gasteiger partial charge >= 0.3 is 5.97 Å². The van der Waals surface area contributed by atoms with E-state index in [9.17, 15) is 13.2 Å². The third kappa shape index (κ3) is 2.97. The van der Waals surface area contributed by atoms with E-state index >= 15 is 0 Å². The summed E-state index contributed by atoms with van der Waals surface area (Å²) in [6.07, 6.45) is 1.38. The van der Waals surface area contributed by atoms with Crippen molar-refractivity contribution in [2.45, 2.75) is 48.9 Å². The Balaban J connectivity index is 2.30. The van der Waals surface area contributed by atoms with Gasteiger partial charge in [0.05, 0.1) is 4.90 Å². The molecule has 0 radical (unpaired) electrons. The van der Waals surface area contributed by atoms with E-state index in [-0.39, 0.29) is 12.4 Å². The SMILES string of the molecule is CCCC1OC(=O)CCC1S(=O)(=O)c1ccccc1. The molecular weight excluding hydrogens is 264 g/mol. The molecule has 0 saturated carbocycles. The summed E-state index contributed by atoms with van der Waals surface area (Å²) in [7, 11) is -3.43. The molecule has 0 aliphatic carbocycles. The standard InChI is InChI=1S/C14H18O4S/c1-2-6-12-13(9-10-14(15)18-12)19(16,17)11-7-4-3-5-8-11/h3-5,7-8,12-13H,2,6,9-10H2,1H3. The van der Waals surface area contributed by atoms with Crippen molar-refractivity contribution < 1.29 is 17.9 Å². The average molecular weight is 282 g/mol. The third-order valence-corrected chi connectivity index (χ3v) is 5.64. The van der Waals surface area contributed by atoms with Crippen molar-refractivity contribution in [3.63, 3.8) is 0 Å². The van der Waals surface area contributed by atoms with Crippen LogP contribution in [0.5, 0.6) is 0 Å². The monoisotopic (exact) mass is 282 g/mol. The van der Waals surface area contributed by atoms with E-state index in [1.807, 2.05) is 6.92 Å². The quantitative estimate of drug-likeness (QED) is 0.795. The van der Waals surface area contributed by atoms with Crippen LogP contribution in [0.2, 0.25) is 0 Å². The maximum absolute atomic E-state index is 12.6. The van der Waals surface area contributed by atoms with Crippen LogP contribution in [0, 0.1) is 0 Å². The number of carbonyl (C=O) groups is 1. The summed E-state index contributed by atoms with van der Waals surface area (Å²) in [6, 6.07) is 8.38. The van der Waals surface area contributed by atoms with Gasteiger partial charge in [-0.15, -0.1) is 0 Å². The highest BCUT2D eigenvalue weighted by atomic mass is 32.2. The minimum absolute atomic E-state index is 0.178. The van der Waals surface area contributed by atoms with Gasteiger partial charge in [-0.05, 0) is 25.0 Å². The molecule has 0 bridgehead atoms. The predicted molar refractivity (Wildman–Crippen MR) is 71.4 cm³/mol. The number of hydrogen-bond donors (Lipinski definition) is 0. The Labute approximate surface area is 113 Å². The molecule has 4 nitrogen and oxygen atoms in total. The predicted octanol–water partition coefficient (Wildman–Crippen LogP) is 2.33. The molecule has 1 saturated heterocycles. The molecule has 0 N–H and O–H groups in total. The first-order valence-corrected chi connectivity index (χ1v) is 8.08. The zero-order chi connectivity index (χ0) is 13.9. The van der Waals surface area contributed by atoms with Gasteiger partial charge in [0.25, 0.3) is 0 Å². The largest absolute Gasteiger partial charge is 0.461 e. The molecule has 0 aromatic heterocycles. The molecule has 104 valence electrons. The fourth-order valence-corrected chi connectivity index (χ4v) is 4.32. The smallest absolute Gasteiger partial charge is 0.306 e. The molecule has 2 atom stereocenters. The van der Waals surface area contributed by atoms with Crippen molar-refractivity contribution in [1.29, 1.82) is 0 Å². The van der Waals surface area contributed by atoms with Crippen LogP contribution in [-0.4, -0.2) is 25.7 Å². The van der Waals surface area contributed by atoms with Gasteiger partial charge in [0.15, 0.2) is 9.84 Å². The van der Waals surface area contributed by atoms with Gasteiger partial charge in [-0.3, -0.25) is 4.79 Å². The molecule has 1 aliphatic rings. The summed E-state index contributed by atoms with van der Waals surface area (Å²) in [5, 5.41) is -0.618. The fourth-order valence-electron chi connectivity index (χ4n) is 2.42. The van der Waals surface area contributed by atoms with Crippen LogP contribution >= 0.6 is 0 Å². The highest BCUT2D eigenvalue weighted by Crippen LogP contribution is 2.29. The summed E-state index contributed by atoms with van der Waals surface area (Å²) < 4.78 is 30.4. The molecule has 0 spiro atoms. The Hall–Kier alpha value is -1.36. The number of rotatable bonds is 4. The number of ether oxygens (including phenoxy) is 1. The molecule has 1 fully saturated rings. The lowest BCUT2D eigenvalue weighted by molar-refractivity contribution is -0.153. The molecule has 1 aromatic rings. The maximum atomic E-state index is 12.6. The second-order valence-electron chi connectivity index (χ2n) is 4.75. The molecule has 1 heterocycles. The Morgan fingerprint density at radius 2 is 1.95 bits per heavy atom. The van der Waals surface area contributed by atoms with E-state index in [1.165, 1.54) is 0 Å². The third-order valence-electron chi connectivity index (χ3n) is 3.37. The first kappa shape index (κ1) is 14.1. The fraction of sp³-hybridized carbons (Fsp3) is 0.500. The van der Waals surface area contributed by atoms with Gasteiger partial charge in [0.2, 0.25) is 0 Å². The van der Waals surface area contributed by atoms with Gasteiger partial charge < -0.3 is 4.74 Å². The van der Waals surface area contributed by atoms with Gasteiger partial charge in [0, 0.05) is 6.42 Å². The van der Waals surface area contributed by atoms with Crippen molar-refractivity contribution in [2.24, 2.45) is 0 Å². The lowest BCUT2D eigenvalue weighted by Crippen LogP contribution is -2.41. The molecule has 2 rings (SSSR count). The van der Waals surface area contributed by atoms with E-state index < -0.39 is 21.2 Å². The molecule has 0 amide bonds. The summed E-state index contributed by atoms with van der Waals surface area (Å²) in [6.45, 7) is 1.95. The number of esters is 1. The molecule has 1 aliphatic heterocycles. The molecule has 1 aromatic carbocycles. The van der Waals surface area contributed by atoms with Crippen LogP contribution in [0.15, 0.2) is 35.2 Å². The summed E-state index contributed by atoms with van der Waals surface area (Å²) in [4.78, 5) is 11.6. The zero-order valence-corrected chi connectivity index (χ0v) is 11.7. The highest BCUT2D eigenvalue weighted by Gasteiger charge is 2.39. The van der Waals surface area contributed by atoms with Crippen LogP contribution in [-0.2, 0) is 19.4 Å². The lowest BCUT2D eigenvalue weighted by Gasteiger charge is -2.30. The van der Waals surface area contributed by atoms with Gasteiger partial charge in [0.1, 0.15) is 11.4 Å². The van der Waals surface area contributed by atoms with Gasteiger partial charge in [-0.1, -0.05) is 31.5 Å². The zero-order valence-electron chi connectivity index (χ0n) is 10.9. The van der Waals surface area contributed by atoms with Crippen LogP contribution in [0.3, 0.4) is 0 Å². The van der Waals surface area contributed by atoms with Crippen molar-refractivity contribution >= 4 is 15.8 Å². The van der Waals surface area contributed by atoms with E-state index in [0.29, 0.717) is 17.7 Å². The van der Waals surface area contributed by atoms with Gasteiger partial charge in [-0.2, -0.15) is 0 Å². The van der Waals surface area contributed by atoms with Crippen LogP contribution in [0.25, 0.3) is 0 Å². The number of cyclic esters (lactones) is 1. The van der Waals surface area contributed by atoms with E-state index in [0.717, 1.165) is 6.42 Å². The Kier molecular flexibility index (Phi) is 4.24. The van der Waals surface area contributed by atoms with Crippen LogP contribution < -0.4 is 0 Å². The number of hydrogen-bond acceptors (Lipinski definition) is 4. The second-order valence-corrected chi connectivity index (χ2v) is 6.92. The van der Waals surface area contributed by atoms with Crippen molar-refractivity contribution in [3.05, 3.63) is 30.3 Å². The van der Waals surface area contributed by atoms with Crippen molar-refractivity contribution in [2.75, 3.05) is 0 Å². The van der Waals surface area contributed by atoms with Crippen molar-refractivity contribution in [1.82, 2.24) is 0 Å². The number of benzene rings is 1. The molecule has 2 unspecified atom stereocenters. The van der Waals surface area contributed by atoms with Crippen LogP contribution in [0.1, 0.15) is 32.6 Å². The van der Waals surface area contributed by atoms with E-state index in [2.05, 4.69) is 0 Å². The Bertz CT molecular complexity index is 536. The highest BCUT2D eigenvalue weighted by molar-refractivity contribution is 7.92. The minimum Gasteiger partial charge on any atom is -0.461 e. The maximum Gasteiger partial charge on any atom is 0.306 e. The Morgan fingerprint density at radius 3 is 2.58 bits per heavy atom. The summed E-state index contributed by atoms with van der Waals surface area (Å²) in [5.41, 5.74) is 0. The molecular formula is C14H18O4S. The Morgan fingerprint density at radius 1 is 1.26 bits per heavy atom. The first-order chi connectivity index (χ1) is 9.05. The summed E-state index contributed by atoms with van der Waals surface area (Å²) in [5.74, 6) is -0.294.